The Kier molecular flexibility index (Phi) is 7.32. The number of carbonyl (C=O) groups is 1. The minimum atomic E-state index is -0.0504. The third-order valence-electron chi connectivity index (χ3n) is 4.70. The van der Waals surface area contributed by atoms with Crippen LogP contribution in [-0.2, 0) is 10.2 Å². The molecule has 1 aromatic heterocycles. The van der Waals surface area contributed by atoms with Crippen molar-refractivity contribution in [2.24, 2.45) is 0 Å². The van der Waals surface area contributed by atoms with Gasteiger partial charge >= 0.3 is 0 Å². The summed E-state index contributed by atoms with van der Waals surface area (Å²) in [6.45, 7) is 9.08. The Morgan fingerprint density at radius 1 is 1.17 bits per heavy atom. The molecular weight excluding hydrogens is 460 g/mol. The lowest BCUT2D eigenvalue weighted by atomic mass is 9.87. The van der Waals surface area contributed by atoms with Crippen LogP contribution in [0.15, 0.2) is 52.3 Å². The summed E-state index contributed by atoms with van der Waals surface area (Å²) in [6, 6.07) is 14.4. The molecule has 0 spiro atoms. The van der Waals surface area contributed by atoms with Crippen molar-refractivity contribution in [3.8, 4) is 17.0 Å². The summed E-state index contributed by atoms with van der Waals surface area (Å²) in [7, 11) is 0. The number of aryl methyl sites for hydroxylation is 1. The van der Waals surface area contributed by atoms with Crippen molar-refractivity contribution in [2.45, 2.75) is 46.0 Å². The summed E-state index contributed by atoms with van der Waals surface area (Å²) in [5, 5.41) is 5.46. The molecule has 2 aromatic carbocycles. The molecule has 30 heavy (non-hydrogen) atoms. The van der Waals surface area contributed by atoms with E-state index in [1.54, 1.807) is 0 Å². The molecule has 1 heterocycles. The Balaban J connectivity index is 1.45. The molecule has 1 amide bonds. The Hall–Kier alpha value is -2.18. The number of rotatable bonds is 7. The van der Waals surface area contributed by atoms with Gasteiger partial charge in [0.25, 0.3) is 0 Å². The van der Waals surface area contributed by atoms with Crippen LogP contribution in [-0.4, -0.2) is 17.5 Å². The summed E-state index contributed by atoms with van der Waals surface area (Å²) >= 11 is 5.02. The topological polar surface area (TPSA) is 51.2 Å². The van der Waals surface area contributed by atoms with Gasteiger partial charge in [0.15, 0.2) is 5.13 Å². The van der Waals surface area contributed by atoms with E-state index >= 15 is 0 Å². The molecule has 0 radical (unpaired) electrons. The third-order valence-corrected chi connectivity index (χ3v) is 6.08. The zero-order valence-corrected chi connectivity index (χ0v) is 20.2. The molecule has 3 rings (SSSR count). The van der Waals surface area contributed by atoms with Gasteiger partial charge in [-0.25, -0.2) is 4.98 Å². The van der Waals surface area contributed by atoms with Gasteiger partial charge in [-0.15, -0.1) is 11.3 Å². The Morgan fingerprint density at radius 3 is 2.57 bits per heavy atom. The first-order valence-electron chi connectivity index (χ1n) is 9.97. The quantitative estimate of drug-likeness (QED) is 0.366. The van der Waals surface area contributed by atoms with Gasteiger partial charge in [-0.1, -0.05) is 56.7 Å². The van der Waals surface area contributed by atoms with Crippen LogP contribution >= 0.6 is 27.3 Å². The molecule has 0 bridgehead atoms. The molecular formula is C24H27BrN2O2S. The molecule has 1 N–H and O–H groups in total. The summed E-state index contributed by atoms with van der Waals surface area (Å²) in [4.78, 5) is 16.7. The maximum atomic E-state index is 12.2. The van der Waals surface area contributed by atoms with Crippen molar-refractivity contribution in [3.05, 3.63) is 63.4 Å². The molecule has 0 aliphatic carbocycles. The van der Waals surface area contributed by atoms with Gasteiger partial charge in [0.1, 0.15) is 5.75 Å². The van der Waals surface area contributed by atoms with Gasteiger partial charge in [-0.05, 0) is 52.4 Å². The molecule has 0 unspecified atom stereocenters. The Morgan fingerprint density at radius 2 is 1.90 bits per heavy atom. The predicted octanol–water partition coefficient (Wildman–Crippen LogP) is 6.98. The minimum absolute atomic E-state index is 0.0504. The number of halogens is 1. The van der Waals surface area contributed by atoms with Crippen molar-refractivity contribution in [3.63, 3.8) is 0 Å². The molecule has 0 atom stereocenters. The number of hydrogen-bond donors (Lipinski definition) is 1. The number of anilines is 1. The SMILES string of the molecule is Cc1ccc(-c2csc(NC(=O)CCCOc3ccc(C(C)(C)C)cc3Br)n2)cc1. The number of ether oxygens (including phenoxy) is 1. The van der Waals surface area contributed by atoms with Crippen LogP contribution in [0.5, 0.6) is 5.75 Å². The van der Waals surface area contributed by atoms with Crippen molar-refractivity contribution < 1.29 is 9.53 Å². The fourth-order valence-electron chi connectivity index (χ4n) is 2.87. The molecule has 0 aliphatic rings. The zero-order valence-electron chi connectivity index (χ0n) is 17.8. The number of nitrogens with zero attached hydrogens (tertiary/aromatic N) is 1. The molecule has 158 valence electrons. The lowest BCUT2D eigenvalue weighted by Crippen LogP contribution is -2.13. The third kappa shape index (κ3) is 6.16. The summed E-state index contributed by atoms with van der Waals surface area (Å²) in [5.41, 5.74) is 4.47. The molecule has 0 aliphatic heterocycles. The van der Waals surface area contributed by atoms with E-state index in [1.165, 1.54) is 22.5 Å². The Labute approximate surface area is 190 Å². The highest BCUT2D eigenvalue weighted by Gasteiger charge is 2.15. The van der Waals surface area contributed by atoms with Crippen molar-refractivity contribution in [2.75, 3.05) is 11.9 Å². The maximum absolute atomic E-state index is 12.2. The van der Waals surface area contributed by atoms with E-state index < -0.39 is 0 Å². The van der Waals surface area contributed by atoms with E-state index in [0.717, 1.165) is 21.5 Å². The molecule has 3 aromatic rings. The van der Waals surface area contributed by atoms with E-state index in [0.29, 0.717) is 24.6 Å². The average Bonchev–Trinajstić information content (AvgIpc) is 3.14. The van der Waals surface area contributed by atoms with Gasteiger partial charge < -0.3 is 10.1 Å². The van der Waals surface area contributed by atoms with Gasteiger partial charge in [-0.2, -0.15) is 0 Å². The van der Waals surface area contributed by atoms with Crippen LogP contribution in [0, 0.1) is 6.92 Å². The second kappa shape index (κ2) is 9.75. The smallest absolute Gasteiger partial charge is 0.226 e. The van der Waals surface area contributed by atoms with E-state index in [-0.39, 0.29) is 11.3 Å². The zero-order chi connectivity index (χ0) is 21.7. The first kappa shape index (κ1) is 22.5. The normalized spacial score (nSPS) is 11.4. The second-order valence-electron chi connectivity index (χ2n) is 8.30. The lowest BCUT2D eigenvalue weighted by Gasteiger charge is -2.20. The standard InChI is InChI=1S/C24H27BrN2O2S/c1-16-7-9-17(10-8-16)20-15-30-23(26-20)27-22(28)6-5-13-29-21-12-11-18(14-19(21)25)24(2,3)4/h7-12,14-15H,5-6,13H2,1-4H3,(H,26,27,28). The van der Waals surface area contributed by atoms with E-state index in [1.807, 2.05) is 23.6 Å². The van der Waals surface area contributed by atoms with Crippen molar-refractivity contribution in [1.82, 2.24) is 4.98 Å². The van der Waals surface area contributed by atoms with E-state index in [2.05, 4.69) is 78.2 Å². The van der Waals surface area contributed by atoms with E-state index in [9.17, 15) is 4.79 Å². The number of benzene rings is 2. The molecule has 6 heteroatoms. The van der Waals surface area contributed by atoms with Crippen molar-refractivity contribution in [1.29, 1.82) is 0 Å². The fourth-order valence-corrected chi connectivity index (χ4v) is 4.10. The highest BCUT2D eigenvalue weighted by atomic mass is 79.9. The first-order valence-corrected chi connectivity index (χ1v) is 11.6. The van der Waals surface area contributed by atoms with Crippen LogP contribution < -0.4 is 10.1 Å². The fraction of sp³-hybridized carbons (Fsp3) is 0.333. The highest BCUT2D eigenvalue weighted by Crippen LogP contribution is 2.31. The van der Waals surface area contributed by atoms with Crippen LogP contribution in [0.3, 0.4) is 0 Å². The summed E-state index contributed by atoms with van der Waals surface area (Å²) in [6.07, 6.45) is 1.02. The highest BCUT2D eigenvalue weighted by molar-refractivity contribution is 9.10. The second-order valence-corrected chi connectivity index (χ2v) is 10.0. The van der Waals surface area contributed by atoms with Gasteiger partial charge in [0.2, 0.25) is 5.91 Å². The molecule has 0 fully saturated rings. The number of nitrogens with one attached hydrogen (secondary N) is 1. The van der Waals surface area contributed by atoms with Gasteiger partial charge in [-0.3, -0.25) is 4.79 Å². The van der Waals surface area contributed by atoms with Crippen molar-refractivity contribution >= 4 is 38.3 Å². The largest absolute Gasteiger partial charge is 0.492 e. The number of hydrogen-bond acceptors (Lipinski definition) is 4. The van der Waals surface area contributed by atoms with Gasteiger partial charge in [0.05, 0.1) is 16.8 Å². The number of aromatic nitrogens is 1. The number of carbonyl (C=O) groups excluding carboxylic acids is 1. The predicted molar refractivity (Wildman–Crippen MR) is 128 cm³/mol. The Bertz CT molecular complexity index is 1010. The van der Waals surface area contributed by atoms with Crippen LogP contribution in [0.1, 0.15) is 44.7 Å². The average molecular weight is 487 g/mol. The molecule has 0 saturated carbocycles. The monoisotopic (exact) mass is 486 g/mol. The molecule has 4 nitrogen and oxygen atoms in total. The van der Waals surface area contributed by atoms with E-state index in [4.69, 9.17) is 4.74 Å². The summed E-state index contributed by atoms with van der Waals surface area (Å²) in [5.74, 6) is 0.747. The first-order chi connectivity index (χ1) is 14.2. The van der Waals surface area contributed by atoms with Gasteiger partial charge in [0, 0.05) is 17.4 Å². The number of thiazole rings is 1. The lowest BCUT2D eigenvalue weighted by molar-refractivity contribution is -0.116. The van der Waals surface area contributed by atoms with Crippen LogP contribution in [0.4, 0.5) is 5.13 Å². The maximum Gasteiger partial charge on any atom is 0.226 e. The molecule has 0 saturated heterocycles. The minimum Gasteiger partial charge on any atom is -0.492 e. The number of amides is 1. The van der Waals surface area contributed by atoms with Crippen LogP contribution in [0.25, 0.3) is 11.3 Å². The summed E-state index contributed by atoms with van der Waals surface area (Å²) < 4.78 is 6.77. The van der Waals surface area contributed by atoms with Crippen LogP contribution in [0.2, 0.25) is 0 Å².